The molecule has 13 heavy (non-hydrogen) atoms. The number of rotatable bonds is 1. The monoisotopic (exact) mass is 187 g/mol. The number of carbonyl (C=O) groups is 3. The van der Waals surface area contributed by atoms with E-state index in [-0.39, 0.29) is 0 Å². The van der Waals surface area contributed by atoms with Gasteiger partial charge in [0.25, 0.3) is 0 Å². The molecule has 1 aliphatic rings. The van der Waals surface area contributed by atoms with Crippen LogP contribution in [0.3, 0.4) is 0 Å². The van der Waals surface area contributed by atoms with Crippen LogP contribution in [0.15, 0.2) is 0 Å². The highest BCUT2D eigenvalue weighted by atomic mass is 16.6. The molecule has 1 unspecified atom stereocenters. The molecule has 0 spiro atoms. The standard InChI is InChI=1S/C5H5N3O5/c1-7-4(10)2(8(12)13)3(9)6-5(7)11/h2H,1H3,(H,6,9,11). The van der Waals surface area contributed by atoms with Crippen molar-refractivity contribution >= 4 is 17.8 Å². The van der Waals surface area contributed by atoms with Crippen molar-refractivity contribution in [3.63, 3.8) is 0 Å². The SMILES string of the molecule is CN1C(=O)NC(=O)C([N+](=O)[O-])C1=O. The van der Waals surface area contributed by atoms with Gasteiger partial charge < -0.3 is 0 Å². The maximum atomic E-state index is 11.0. The molecule has 4 amide bonds. The van der Waals surface area contributed by atoms with Gasteiger partial charge in [-0.05, 0) is 0 Å². The highest BCUT2D eigenvalue weighted by molar-refractivity contribution is 6.17. The fourth-order valence-corrected chi connectivity index (χ4v) is 0.839. The first-order valence-corrected chi connectivity index (χ1v) is 3.21. The first-order chi connectivity index (χ1) is 5.95. The number of nitrogens with one attached hydrogen (secondary N) is 1. The Kier molecular flexibility index (Phi) is 1.97. The molecule has 0 aromatic rings. The first kappa shape index (κ1) is 9.10. The smallest absolute Gasteiger partial charge is 0.271 e. The Balaban J connectivity index is 2.99. The lowest BCUT2D eigenvalue weighted by atomic mass is 10.2. The number of nitro groups is 1. The van der Waals surface area contributed by atoms with Gasteiger partial charge in [-0.1, -0.05) is 0 Å². The lowest BCUT2D eigenvalue weighted by Crippen LogP contribution is -2.61. The van der Waals surface area contributed by atoms with Gasteiger partial charge in [-0.2, -0.15) is 0 Å². The van der Waals surface area contributed by atoms with E-state index in [4.69, 9.17) is 0 Å². The van der Waals surface area contributed by atoms with Gasteiger partial charge in [-0.15, -0.1) is 0 Å². The second-order valence-electron chi connectivity index (χ2n) is 2.38. The second-order valence-corrected chi connectivity index (χ2v) is 2.38. The number of amides is 4. The quantitative estimate of drug-likeness (QED) is 0.300. The van der Waals surface area contributed by atoms with Gasteiger partial charge in [0.15, 0.2) is 0 Å². The number of nitrogens with zero attached hydrogens (tertiary/aromatic N) is 2. The van der Waals surface area contributed by atoms with Crippen molar-refractivity contribution in [3.8, 4) is 0 Å². The maximum Gasteiger partial charge on any atom is 0.367 e. The molecular formula is C5H5N3O5. The van der Waals surface area contributed by atoms with Crippen molar-refractivity contribution in [1.29, 1.82) is 0 Å². The van der Waals surface area contributed by atoms with Gasteiger partial charge in [0.1, 0.15) is 0 Å². The van der Waals surface area contributed by atoms with Crippen molar-refractivity contribution in [2.45, 2.75) is 6.04 Å². The molecule has 8 heteroatoms. The van der Waals surface area contributed by atoms with Crippen LogP contribution in [0.2, 0.25) is 0 Å². The predicted octanol–water partition coefficient (Wildman–Crippen LogP) is -1.66. The summed E-state index contributed by atoms with van der Waals surface area (Å²) in [4.78, 5) is 42.2. The third kappa shape index (κ3) is 1.33. The molecule has 1 saturated heterocycles. The van der Waals surface area contributed by atoms with Gasteiger partial charge in [0.2, 0.25) is 0 Å². The average molecular weight is 187 g/mol. The third-order valence-corrected chi connectivity index (χ3v) is 1.56. The van der Waals surface area contributed by atoms with Crippen LogP contribution < -0.4 is 5.32 Å². The molecule has 0 bridgehead atoms. The normalized spacial score (nSPS) is 23.0. The van der Waals surface area contributed by atoms with Crippen molar-refractivity contribution < 1.29 is 19.3 Å². The highest BCUT2D eigenvalue weighted by Crippen LogP contribution is 2.03. The van der Waals surface area contributed by atoms with E-state index in [2.05, 4.69) is 0 Å². The molecule has 1 N–H and O–H groups in total. The molecule has 8 nitrogen and oxygen atoms in total. The van der Waals surface area contributed by atoms with E-state index in [1.807, 2.05) is 0 Å². The van der Waals surface area contributed by atoms with E-state index < -0.39 is 28.8 Å². The molecule has 0 saturated carbocycles. The fraction of sp³-hybridized carbons (Fsp3) is 0.400. The Morgan fingerprint density at radius 3 is 2.46 bits per heavy atom. The molecule has 0 aromatic carbocycles. The van der Waals surface area contributed by atoms with Gasteiger partial charge in [0, 0.05) is 12.0 Å². The summed E-state index contributed by atoms with van der Waals surface area (Å²) in [5, 5.41) is 11.9. The Labute approximate surface area is 71.6 Å². The van der Waals surface area contributed by atoms with Gasteiger partial charge >= 0.3 is 23.9 Å². The summed E-state index contributed by atoms with van der Waals surface area (Å²) in [5.74, 6) is -2.32. The Morgan fingerprint density at radius 1 is 1.46 bits per heavy atom. The second kappa shape index (κ2) is 2.81. The molecule has 0 aromatic heterocycles. The number of carbonyl (C=O) groups excluding carboxylic acids is 3. The van der Waals surface area contributed by atoms with E-state index in [0.29, 0.717) is 4.90 Å². The summed E-state index contributed by atoms with van der Waals surface area (Å²) >= 11 is 0. The number of likely N-dealkylation sites (N-methyl/N-ethyl adjacent to an activating group) is 1. The molecule has 1 aliphatic heterocycles. The Morgan fingerprint density at radius 2 is 2.00 bits per heavy atom. The van der Waals surface area contributed by atoms with Gasteiger partial charge in [0.05, 0.1) is 0 Å². The molecule has 1 heterocycles. The van der Waals surface area contributed by atoms with Gasteiger partial charge in [-0.25, -0.2) is 4.79 Å². The highest BCUT2D eigenvalue weighted by Gasteiger charge is 2.47. The van der Waals surface area contributed by atoms with Crippen LogP contribution in [-0.4, -0.2) is 40.8 Å². The number of imide groups is 2. The van der Waals surface area contributed by atoms with Crippen LogP contribution in [0.5, 0.6) is 0 Å². The van der Waals surface area contributed by atoms with Crippen molar-refractivity contribution in [3.05, 3.63) is 10.1 Å². The third-order valence-electron chi connectivity index (χ3n) is 1.56. The largest absolute Gasteiger partial charge is 0.367 e. The van der Waals surface area contributed by atoms with Crippen LogP contribution in [0.4, 0.5) is 4.79 Å². The first-order valence-electron chi connectivity index (χ1n) is 3.21. The average Bonchev–Trinajstić information content (AvgIpc) is 1.99. The van der Waals surface area contributed by atoms with Crippen LogP contribution in [0, 0.1) is 10.1 Å². The molecular weight excluding hydrogens is 182 g/mol. The van der Waals surface area contributed by atoms with Crippen LogP contribution in [0.1, 0.15) is 0 Å². The topological polar surface area (TPSA) is 110 Å². The molecule has 0 aliphatic carbocycles. The summed E-state index contributed by atoms with van der Waals surface area (Å²) < 4.78 is 0. The minimum Gasteiger partial charge on any atom is -0.271 e. The zero-order chi connectivity index (χ0) is 10.2. The maximum absolute atomic E-state index is 11.0. The zero-order valence-corrected chi connectivity index (χ0v) is 6.51. The summed E-state index contributed by atoms with van der Waals surface area (Å²) in [5.41, 5.74) is 0. The lowest BCUT2D eigenvalue weighted by molar-refractivity contribution is -0.495. The molecule has 70 valence electrons. The molecule has 0 radical (unpaired) electrons. The van der Waals surface area contributed by atoms with Crippen LogP contribution >= 0.6 is 0 Å². The fourth-order valence-electron chi connectivity index (χ4n) is 0.839. The van der Waals surface area contributed by atoms with Crippen molar-refractivity contribution in [2.75, 3.05) is 7.05 Å². The number of hydrogen-bond donors (Lipinski definition) is 1. The Bertz CT molecular complexity index is 311. The van der Waals surface area contributed by atoms with Gasteiger partial charge in [-0.3, -0.25) is 29.9 Å². The van der Waals surface area contributed by atoms with Crippen LogP contribution in [0.25, 0.3) is 0 Å². The van der Waals surface area contributed by atoms with E-state index in [1.165, 1.54) is 0 Å². The molecule has 1 fully saturated rings. The summed E-state index contributed by atoms with van der Waals surface area (Å²) in [6.45, 7) is 0. The number of barbiturate groups is 1. The van der Waals surface area contributed by atoms with E-state index in [0.717, 1.165) is 7.05 Å². The lowest BCUT2D eigenvalue weighted by Gasteiger charge is -2.21. The van der Waals surface area contributed by atoms with E-state index in [1.54, 1.807) is 5.32 Å². The summed E-state index contributed by atoms with van der Waals surface area (Å²) in [6.07, 6.45) is 0. The Hall–Kier alpha value is -1.99. The van der Waals surface area contributed by atoms with E-state index >= 15 is 0 Å². The molecule has 1 atom stereocenters. The summed E-state index contributed by atoms with van der Waals surface area (Å²) in [6, 6.07) is -2.96. The van der Waals surface area contributed by atoms with Crippen LogP contribution in [-0.2, 0) is 9.59 Å². The van der Waals surface area contributed by atoms with Crippen molar-refractivity contribution in [1.82, 2.24) is 10.2 Å². The minimum absolute atomic E-state index is 0.495. The van der Waals surface area contributed by atoms with Crippen molar-refractivity contribution in [2.24, 2.45) is 0 Å². The number of urea groups is 1. The van der Waals surface area contributed by atoms with E-state index in [9.17, 15) is 24.5 Å². The summed E-state index contributed by atoms with van der Waals surface area (Å²) in [7, 11) is 1.06. The zero-order valence-electron chi connectivity index (χ0n) is 6.51. The minimum atomic E-state index is -2.01. The predicted molar refractivity (Wildman–Crippen MR) is 37.1 cm³/mol. The molecule has 1 rings (SSSR count). The number of hydrogen-bond acceptors (Lipinski definition) is 5.